The Morgan fingerprint density at radius 2 is 1.60 bits per heavy atom. The zero-order chi connectivity index (χ0) is 29.1. The molecule has 0 aromatic rings. The molecule has 1 amide bonds. The second kappa shape index (κ2) is 10.8. The van der Waals surface area contributed by atoms with Gasteiger partial charge >= 0.3 is 5.97 Å². The standard InChI is InChI=1S/C31H51NO7S/c1-19(5-8-26(35)32-31(28(36)39-4)13-15-40(37,38)16-14-31)22-6-7-23-27-24(10-12-30(22,23)3)29(2)11-9-21(33)17-20(29)18-25(27)34/h19-25,27,33-34H,5-18H2,1-4H3,(H,32,35)/t19-,20+,21-,22-,23+,24+,25+,27+,29+,30-/m1/s1. The Morgan fingerprint density at radius 3 is 2.27 bits per heavy atom. The van der Waals surface area contributed by atoms with Crippen LogP contribution in [0.2, 0.25) is 0 Å². The van der Waals surface area contributed by atoms with Gasteiger partial charge in [-0.2, -0.15) is 0 Å². The summed E-state index contributed by atoms with van der Waals surface area (Å²) >= 11 is 0. The molecule has 0 radical (unpaired) electrons. The Labute approximate surface area is 240 Å². The maximum Gasteiger partial charge on any atom is 0.331 e. The van der Waals surface area contributed by atoms with Crippen molar-refractivity contribution < 1.29 is 33.0 Å². The molecule has 8 nitrogen and oxygen atoms in total. The number of hydrogen-bond donors (Lipinski definition) is 3. The van der Waals surface area contributed by atoms with Gasteiger partial charge in [0.1, 0.15) is 5.54 Å². The summed E-state index contributed by atoms with van der Waals surface area (Å²) in [6, 6.07) is 0. The number of fused-ring (bicyclic) bond motifs is 5. The van der Waals surface area contributed by atoms with Gasteiger partial charge in [0.15, 0.2) is 9.84 Å². The molecule has 3 N–H and O–H groups in total. The fraction of sp³-hybridized carbons (Fsp3) is 0.935. The molecular weight excluding hydrogens is 530 g/mol. The van der Waals surface area contributed by atoms with Gasteiger partial charge in [0.2, 0.25) is 5.91 Å². The quantitative estimate of drug-likeness (QED) is 0.409. The first-order valence-electron chi connectivity index (χ1n) is 15.7. The second-order valence-corrected chi connectivity index (χ2v) is 17.0. The fourth-order valence-corrected chi connectivity index (χ4v) is 12.0. The normalized spacial score (nSPS) is 44.4. The van der Waals surface area contributed by atoms with Crippen molar-refractivity contribution in [2.24, 2.45) is 46.3 Å². The fourth-order valence-electron chi connectivity index (χ4n) is 10.5. The van der Waals surface area contributed by atoms with Crippen molar-refractivity contribution in [1.82, 2.24) is 5.32 Å². The largest absolute Gasteiger partial charge is 0.467 e. The number of aliphatic hydroxyl groups is 2. The van der Waals surface area contributed by atoms with E-state index in [1.54, 1.807) is 0 Å². The third-order valence-electron chi connectivity index (χ3n) is 12.9. The summed E-state index contributed by atoms with van der Waals surface area (Å²) in [6.45, 7) is 7.12. The van der Waals surface area contributed by atoms with Crippen LogP contribution < -0.4 is 5.32 Å². The van der Waals surface area contributed by atoms with Crippen molar-refractivity contribution in [2.75, 3.05) is 18.6 Å². The molecule has 5 rings (SSSR count). The topological polar surface area (TPSA) is 130 Å². The van der Waals surface area contributed by atoms with Crippen LogP contribution in [-0.2, 0) is 24.2 Å². The van der Waals surface area contributed by atoms with Gasteiger partial charge in [-0.05, 0) is 117 Å². The number of hydrogen-bond acceptors (Lipinski definition) is 7. The Kier molecular flexibility index (Phi) is 8.19. The number of aliphatic hydroxyl groups excluding tert-OH is 2. The minimum Gasteiger partial charge on any atom is -0.467 e. The van der Waals surface area contributed by atoms with Gasteiger partial charge in [-0.15, -0.1) is 0 Å². The lowest BCUT2D eigenvalue weighted by Gasteiger charge is -2.62. The van der Waals surface area contributed by atoms with Gasteiger partial charge in [-0.1, -0.05) is 20.8 Å². The highest BCUT2D eigenvalue weighted by atomic mass is 32.2. The van der Waals surface area contributed by atoms with Gasteiger partial charge in [-0.3, -0.25) is 4.79 Å². The molecule has 0 unspecified atom stereocenters. The molecule has 1 saturated heterocycles. The van der Waals surface area contributed by atoms with Crippen LogP contribution in [0.4, 0.5) is 0 Å². The molecule has 40 heavy (non-hydrogen) atoms. The van der Waals surface area contributed by atoms with Crippen LogP contribution in [0.3, 0.4) is 0 Å². The minimum atomic E-state index is -3.20. The van der Waals surface area contributed by atoms with Crippen LogP contribution in [0.5, 0.6) is 0 Å². The molecule has 0 aromatic heterocycles. The van der Waals surface area contributed by atoms with E-state index in [1.165, 1.54) is 7.11 Å². The van der Waals surface area contributed by atoms with Crippen molar-refractivity contribution in [3.8, 4) is 0 Å². The molecule has 10 atom stereocenters. The lowest BCUT2D eigenvalue weighted by molar-refractivity contribution is -0.174. The second-order valence-electron chi connectivity index (χ2n) is 14.7. The number of ether oxygens (including phenoxy) is 1. The molecule has 4 aliphatic carbocycles. The highest BCUT2D eigenvalue weighted by Crippen LogP contribution is 2.68. The number of amides is 1. The average molecular weight is 582 g/mol. The molecule has 0 aromatic carbocycles. The number of rotatable bonds is 6. The first kappa shape index (κ1) is 30.3. The van der Waals surface area contributed by atoms with E-state index in [4.69, 9.17) is 4.74 Å². The molecule has 4 saturated carbocycles. The van der Waals surface area contributed by atoms with E-state index < -0.39 is 21.3 Å². The van der Waals surface area contributed by atoms with E-state index in [2.05, 4.69) is 26.1 Å². The predicted octanol–water partition coefficient (Wildman–Crippen LogP) is 3.63. The van der Waals surface area contributed by atoms with Crippen molar-refractivity contribution in [2.45, 2.75) is 116 Å². The minimum absolute atomic E-state index is 0.0509. The summed E-state index contributed by atoms with van der Waals surface area (Å²) in [7, 11) is -1.93. The molecule has 9 heteroatoms. The van der Waals surface area contributed by atoms with Gasteiger partial charge in [-0.25, -0.2) is 13.2 Å². The lowest BCUT2D eigenvalue weighted by Crippen LogP contribution is -2.59. The van der Waals surface area contributed by atoms with Crippen LogP contribution in [0, 0.1) is 46.3 Å². The molecule has 5 aliphatic rings. The Morgan fingerprint density at radius 1 is 0.950 bits per heavy atom. The molecule has 0 bridgehead atoms. The summed E-state index contributed by atoms with van der Waals surface area (Å²) in [5.74, 6) is 1.48. The monoisotopic (exact) mass is 581 g/mol. The smallest absolute Gasteiger partial charge is 0.331 e. The SMILES string of the molecule is COC(=O)C1(NC(=O)CC[C@@H](C)[C@H]2CC[C@H]3[C@@H]4[C@@H](O)C[C@@H]5C[C@H](O)CC[C@]5(C)[C@H]4CC[C@]23C)CCS(=O)(=O)CC1. The maximum absolute atomic E-state index is 13.1. The number of nitrogens with one attached hydrogen (secondary N) is 1. The van der Waals surface area contributed by atoms with Crippen LogP contribution in [0.25, 0.3) is 0 Å². The summed E-state index contributed by atoms with van der Waals surface area (Å²) in [6.07, 6.45) is 8.68. The third kappa shape index (κ3) is 5.14. The molecule has 1 heterocycles. The predicted molar refractivity (Wildman–Crippen MR) is 152 cm³/mol. The van der Waals surface area contributed by atoms with E-state index in [9.17, 15) is 28.2 Å². The number of methoxy groups -OCH3 is 1. The third-order valence-corrected chi connectivity index (χ3v) is 14.5. The van der Waals surface area contributed by atoms with Crippen molar-refractivity contribution >= 4 is 21.7 Å². The van der Waals surface area contributed by atoms with Crippen molar-refractivity contribution in [3.05, 3.63) is 0 Å². The Hall–Kier alpha value is -1.19. The zero-order valence-electron chi connectivity index (χ0n) is 24.9. The van der Waals surface area contributed by atoms with E-state index in [0.717, 1.165) is 51.4 Å². The number of carbonyl (C=O) groups is 2. The zero-order valence-corrected chi connectivity index (χ0v) is 25.7. The number of carbonyl (C=O) groups excluding carboxylic acids is 2. The number of sulfone groups is 1. The highest BCUT2D eigenvalue weighted by molar-refractivity contribution is 7.91. The van der Waals surface area contributed by atoms with Gasteiger partial charge in [0, 0.05) is 6.42 Å². The van der Waals surface area contributed by atoms with E-state index >= 15 is 0 Å². The molecule has 228 valence electrons. The molecule has 0 spiro atoms. The van der Waals surface area contributed by atoms with E-state index in [1.807, 2.05) is 0 Å². The maximum atomic E-state index is 13.1. The van der Waals surface area contributed by atoms with Gasteiger partial charge < -0.3 is 20.3 Å². The Bertz CT molecular complexity index is 1080. The lowest BCUT2D eigenvalue weighted by atomic mass is 9.43. The first-order valence-corrected chi connectivity index (χ1v) is 17.5. The summed E-state index contributed by atoms with van der Waals surface area (Å²) in [4.78, 5) is 25.7. The van der Waals surface area contributed by atoms with E-state index in [-0.39, 0.29) is 53.3 Å². The van der Waals surface area contributed by atoms with Crippen molar-refractivity contribution in [1.29, 1.82) is 0 Å². The summed E-state index contributed by atoms with van der Waals surface area (Å²) in [5, 5.41) is 24.7. The molecule has 1 aliphatic heterocycles. The van der Waals surface area contributed by atoms with E-state index in [0.29, 0.717) is 48.3 Å². The summed E-state index contributed by atoms with van der Waals surface area (Å²) < 4.78 is 28.9. The van der Waals surface area contributed by atoms with Gasteiger partial charge in [0.25, 0.3) is 0 Å². The van der Waals surface area contributed by atoms with Crippen LogP contribution in [-0.4, -0.2) is 66.9 Å². The summed E-state index contributed by atoms with van der Waals surface area (Å²) in [5.41, 5.74) is -0.913. The molecular formula is C31H51NO7S. The Balaban J connectivity index is 1.23. The molecule has 5 fully saturated rings. The van der Waals surface area contributed by atoms with Crippen molar-refractivity contribution in [3.63, 3.8) is 0 Å². The van der Waals surface area contributed by atoms with Crippen LogP contribution >= 0.6 is 0 Å². The van der Waals surface area contributed by atoms with Crippen LogP contribution in [0.1, 0.15) is 97.8 Å². The highest BCUT2D eigenvalue weighted by Gasteiger charge is 2.62. The number of esters is 1. The van der Waals surface area contributed by atoms with Crippen LogP contribution in [0.15, 0.2) is 0 Å². The average Bonchev–Trinajstić information content (AvgIpc) is 3.26. The first-order chi connectivity index (χ1) is 18.7. The van der Waals surface area contributed by atoms with Gasteiger partial charge in [0.05, 0.1) is 30.8 Å².